The number of amides is 4. The largest absolute Gasteiger partial charge is 0.493 e. The summed E-state index contributed by atoms with van der Waals surface area (Å²) in [6.07, 6.45) is 1.31. The Bertz CT molecular complexity index is 2960. The van der Waals surface area contributed by atoms with E-state index in [2.05, 4.69) is 10.4 Å². The topological polar surface area (TPSA) is 170 Å². The summed E-state index contributed by atoms with van der Waals surface area (Å²) in [6, 6.07) is 18.1. The number of aromatic carboxylic acids is 1. The van der Waals surface area contributed by atoms with E-state index in [1.54, 1.807) is 33.8 Å². The summed E-state index contributed by atoms with van der Waals surface area (Å²) < 4.78 is 29.9. The maximum Gasteiger partial charge on any atom is 0.352 e. The van der Waals surface area contributed by atoms with Gasteiger partial charge in [0, 0.05) is 52.2 Å². The van der Waals surface area contributed by atoms with Gasteiger partial charge >= 0.3 is 5.97 Å². The molecule has 1 unspecified atom stereocenters. The van der Waals surface area contributed by atoms with Crippen LogP contribution in [0.15, 0.2) is 66.7 Å². The summed E-state index contributed by atoms with van der Waals surface area (Å²) in [5.74, 6) is -1.74. The van der Waals surface area contributed by atoms with Crippen molar-refractivity contribution >= 4 is 62.9 Å². The van der Waals surface area contributed by atoms with Gasteiger partial charge < -0.3 is 33.8 Å². The number of halogens is 2. The Hall–Kier alpha value is -6.78. The smallest absolute Gasteiger partial charge is 0.352 e. The van der Waals surface area contributed by atoms with Gasteiger partial charge in [-0.25, -0.2) is 9.18 Å². The number of quaternary nitrogens is 1. The number of hydrogen-bond donors (Lipinski definition) is 3. The molecule has 0 saturated carbocycles. The molecule has 9 rings (SSSR count). The molecule has 0 radical (unpaired) electrons. The number of benzene rings is 4. The minimum absolute atomic E-state index is 0.133. The maximum absolute atomic E-state index is 13.9. The van der Waals surface area contributed by atoms with Gasteiger partial charge in [-0.05, 0) is 86.5 Å². The van der Waals surface area contributed by atoms with Gasteiger partial charge in [0.1, 0.15) is 29.1 Å². The molecular weight excluding hydrogens is 869 g/mol. The van der Waals surface area contributed by atoms with Crippen LogP contribution in [-0.2, 0) is 40.9 Å². The molecule has 2 aromatic heterocycles. The quantitative estimate of drug-likeness (QED) is 0.102. The van der Waals surface area contributed by atoms with Crippen LogP contribution in [0.4, 0.5) is 4.39 Å². The standard InChI is InChI=1S/C49H49ClFN7O8/c1-28-43(29(2)54(3)53-28)44-37(50)15-14-34-33(9-6-24-65-39-10-4-7-30-25-31(51)12-13-32(30)39)46(49(63)64)57(45(34)44)23-20-55-18-21-56(22-19-55)42(60)27-66-40-11-5-8-35-36(40)26-58(48(35)62)38-16-17-41(59)52-47(38)61/h4-5,7-8,10-15,25,38H,6,9,16-24,26-27H2,1-3H3,(H,63,64)(H,52,59,61)/p+1. The molecule has 4 aromatic carbocycles. The van der Waals surface area contributed by atoms with E-state index in [0.29, 0.717) is 91.9 Å². The van der Waals surface area contributed by atoms with Gasteiger partial charge in [-0.15, -0.1) is 0 Å². The minimum Gasteiger partial charge on any atom is -0.493 e. The number of nitrogens with one attached hydrogen (secondary N) is 2. The van der Waals surface area contributed by atoms with Crippen molar-refractivity contribution in [1.82, 2.24) is 29.5 Å². The Balaban J connectivity index is 0.896. The zero-order valence-electron chi connectivity index (χ0n) is 36.9. The fourth-order valence-corrected chi connectivity index (χ4v) is 10.1. The predicted molar refractivity (Wildman–Crippen MR) is 243 cm³/mol. The number of carbonyl (C=O) groups is 5. The highest BCUT2D eigenvalue weighted by Crippen LogP contribution is 2.42. The fourth-order valence-electron chi connectivity index (χ4n) is 9.88. The Morgan fingerprint density at radius 2 is 1.73 bits per heavy atom. The predicted octanol–water partition coefficient (Wildman–Crippen LogP) is 4.88. The molecule has 3 N–H and O–H groups in total. The molecular formula is C49H50ClFN7O8+. The Morgan fingerprint density at radius 1 is 0.970 bits per heavy atom. The number of hydrogen-bond acceptors (Lipinski definition) is 8. The second kappa shape index (κ2) is 18.2. The molecule has 0 aliphatic carbocycles. The Labute approximate surface area is 384 Å². The first-order valence-electron chi connectivity index (χ1n) is 22.2. The summed E-state index contributed by atoms with van der Waals surface area (Å²) in [7, 11) is 1.87. The molecule has 5 heterocycles. The van der Waals surface area contributed by atoms with Gasteiger partial charge in [-0.3, -0.25) is 29.2 Å². The molecule has 66 heavy (non-hydrogen) atoms. The van der Waals surface area contributed by atoms with Gasteiger partial charge in [0.25, 0.3) is 11.8 Å². The summed E-state index contributed by atoms with van der Waals surface area (Å²) >= 11 is 7.06. The number of aromatic nitrogens is 3. The molecule has 3 aliphatic heterocycles. The van der Waals surface area contributed by atoms with Crippen molar-refractivity contribution in [1.29, 1.82) is 0 Å². The van der Waals surface area contributed by atoms with Crippen molar-refractivity contribution in [2.75, 3.05) is 45.9 Å². The molecule has 3 aliphatic rings. The summed E-state index contributed by atoms with van der Waals surface area (Å²) in [5.41, 5.74) is 5.85. The molecule has 2 fully saturated rings. The number of carboxylic acids is 1. The van der Waals surface area contributed by atoms with Crippen LogP contribution in [0, 0.1) is 19.7 Å². The molecule has 15 nitrogen and oxygen atoms in total. The normalized spacial score (nSPS) is 16.6. The molecule has 2 saturated heterocycles. The molecule has 6 aromatic rings. The van der Waals surface area contributed by atoms with Crippen LogP contribution in [0.2, 0.25) is 5.02 Å². The highest BCUT2D eigenvalue weighted by Gasteiger charge is 2.40. The van der Waals surface area contributed by atoms with Gasteiger partial charge in [0.15, 0.2) is 6.61 Å². The van der Waals surface area contributed by atoms with Crippen LogP contribution in [0.3, 0.4) is 0 Å². The number of nitrogens with zero attached hydrogens (tertiary/aromatic N) is 5. The number of ether oxygens (including phenoxy) is 2. The lowest BCUT2D eigenvalue weighted by molar-refractivity contribution is -0.904. The number of piperidine rings is 1. The first-order valence-corrected chi connectivity index (χ1v) is 22.6. The molecule has 4 amide bonds. The third-order valence-electron chi connectivity index (χ3n) is 13.3. The van der Waals surface area contributed by atoms with Crippen LogP contribution >= 0.6 is 11.6 Å². The molecule has 342 valence electrons. The second-order valence-corrected chi connectivity index (χ2v) is 17.6. The van der Waals surface area contributed by atoms with Crippen molar-refractivity contribution in [3.63, 3.8) is 0 Å². The highest BCUT2D eigenvalue weighted by atomic mass is 35.5. The maximum atomic E-state index is 13.9. The second-order valence-electron chi connectivity index (χ2n) is 17.2. The van der Waals surface area contributed by atoms with E-state index < -0.39 is 17.9 Å². The number of imide groups is 1. The first kappa shape index (κ1) is 44.4. The molecule has 0 spiro atoms. The lowest BCUT2D eigenvalue weighted by Gasteiger charge is -2.32. The average molecular weight is 919 g/mol. The minimum atomic E-state index is -1.05. The van der Waals surface area contributed by atoms with Crippen LogP contribution < -0.4 is 19.7 Å². The van der Waals surface area contributed by atoms with Crippen molar-refractivity contribution in [2.24, 2.45) is 7.05 Å². The number of carbonyl (C=O) groups excluding carboxylic acids is 4. The van der Waals surface area contributed by atoms with Crippen LogP contribution in [0.1, 0.15) is 62.6 Å². The van der Waals surface area contributed by atoms with Crippen LogP contribution in [0.25, 0.3) is 32.8 Å². The molecule has 17 heteroatoms. The number of carboxylic acid groups (broad SMARTS) is 1. The van der Waals surface area contributed by atoms with E-state index in [1.165, 1.54) is 21.9 Å². The van der Waals surface area contributed by atoms with Crippen molar-refractivity contribution in [2.45, 2.75) is 58.7 Å². The van der Waals surface area contributed by atoms with E-state index in [0.717, 1.165) is 44.2 Å². The van der Waals surface area contributed by atoms with E-state index in [9.17, 15) is 33.5 Å². The van der Waals surface area contributed by atoms with Crippen molar-refractivity contribution in [3.05, 3.63) is 111 Å². The zero-order valence-corrected chi connectivity index (χ0v) is 37.7. The first-order chi connectivity index (χ1) is 31.8. The lowest BCUT2D eigenvalue weighted by Crippen LogP contribution is -3.15. The number of aryl methyl sites for hydroxylation is 3. The summed E-state index contributed by atoms with van der Waals surface area (Å²) in [6.45, 7) is 7.23. The average Bonchev–Trinajstić information content (AvgIpc) is 3.89. The monoisotopic (exact) mass is 918 g/mol. The van der Waals surface area contributed by atoms with Gasteiger partial charge in [0.05, 0.1) is 68.7 Å². The molecule has 0 bridgehead atoms. The highest BCUT2D eigenvalue weighted by molar-refractivity contribution is 6.35. The van der Waals surface area contributed by atoms with E-state index in [4.69, 9.17) is 21.1 Å². The van der Waals surface area contributed by atoms with Gasteiger partial charge in [-0.2, -0.15) is 5.10 Å². The summed E-state index contributed by atoms with van der Waals surface area (Å²) in [4.78, 5) is 68.9. The van der Waals surface area contributed by atoms with Crippen molar-refractivity contribution < 1.29 is 47.8 Å². The number of piperazine rings is 1. The Morgan fingerprint density at radius 3 is 2.47 bits per heavy atom. The van der Waals surface area contributed by atoms with E-state index in [1.807, 2.05) is 55.8 Å². The van der Waals surface area contributed by atoms with Crippen LogP contribution in [-0.4, -0.2) is 111 Å². The van der Waals surface area contributed by atoms with E-state index >= 15 is 0 Å². The Kier molecular flexibility index (Phi) is 12.3. The number of fused-ring (bicyclic) bond motifs is 3. The van der Waals surface area contributed by atoms with E-state index in [-0.39, 0.29) is 55.2 Å². The molecule has 1 atom stereocenters. The third kappa shape index (κ3) is 8.34. The van der Waals surface area contributed by atoms with Gasteiger partial charge in [0.2, 0.25) is 11.8 Å². The SMILES string of the molecule is Cc1nn(C)c(C)c1-c1c(Cl)ccc2c(CCCOc3cccc4cc(F)ccc34)c(C(=O)O)n(CC[NH+]3CCN(C(=O)COc4cccc5c4CN(C4CCC(=O)NC4=O)C5=O)CC3)c12. The lowest BCUT2D eigenvalue weighted by atomic mass is 9.98. The summed E-state index contributed by atoms with van der Waals surface area (Å²) in [5, 5.41) is 20.7. The number of rotatable bonds is 14. The fraction of sp³-hybridized carbons (Fsp3) is 0.347. The third-order valence-corrected chi connectivity index (χ3v) is 13.6. The van der Waals surface area contributed by atoms with Gasteiger partial charge in [-0.1, -0.05) is 35.9 Å². The van der Waals surface area contributed by atoms with Crippen LogP contribution in [0.5, 0.6) is 11.5 Å². The van der Waals surface area contributed by atoms with Crippen molar-refractivity contribution in [3.8, 4) is 22.6 Å². The zero-order chi connectivity index (χ0) is 46.4.